The highest BCUT2D eigenvalue weighted by Crippen LogP contribution is 2.23. The van der Waals surface area contributed by atoms with Crippen molar-refractivity contribution in [3.63, 3.8) is 0 Å². The molecule has 1 heterocycles. The van der Waals surface area contributed by atoms with Crippen molar-refractivity contribution in [1.82, 2.24) is 4.90 Å². The average Bonchev–Trinajstić information content (AvgIpc) is 2.20. The predicted molar refractivity (Wildman–Crippen MR) is 60.7 cm³/mol. The van der Waals surface area contributed by atoms with E-state index >= 15 is 0 Å². The zero-order valence-electron chi connectivity index (χ0n) is 10.1. The number of aliphatic hydroxyl groups is 1. The van der Waals surface area contributed by atoms with Crippen molar-refractivity contribution in [3.8, 4) is 0 Å². The number of hydrogen-bond donors (Lipinski definition) is 2. The van der Waals surface area contributed by atoms with E-state index in [4.69, 9.17) is 10.5 Å². The zero-order chi connectivity index (χ0) is 11.5. The second kappa shape index (κ2) is 5.25. The smallest absolute Gasteiger partial charge is 0.0645 e. The fourth-order valence-corrected chi connectivity index (χ4v) is 2.22. The minimum Gasteiger partial charge on any atom is -0.395 e. The number of nitrogens with zero attached hydrogens (tertiary/aromatic N) is 1. The first-order valence-electron chi connectivity index (χ1n) is 5.74. The van der Waals surface area contributed by atoms with Crippen LogP contribution in [-0.2, 0) is 4.74 Å². The summed E-state index contributed by atoms with van der Waals surface area (Å²) in [6.45, 7) is 8.75. The Morgan fingerprint density at radius 3 is 2.67 bits per heavy atom. The van der Waals surface area contributed by atoms with E-state index in [1.165, 1.54) is 0 Å². The quantitative estimate of drug-likeness (QED) is 0.704. The van der Waals surface area contributed by atoms with Crippen LogP contribution in [0.2, 0.25) is 0 Å². The number of ether oxygens (including phenoxy) is 1. The summed E-state index contributed by atoms with van der Waals surface area (Å²) in [7, 11) is 0. The Morgan fingerprint density at radius 1 is 1.53 bits per heavy atom. The third-order valence-corrected chi connectivity index (χ3v) is 3.26. The molecular formula is C11H24N2O2. The van der Waals surface area contributed by atoms with Crippen LogP contribution in [0.15, 0.2) is 0 Å². The van der Waals surface area contributed by atoms with Crippen molar-refractivity contribution in [2.45, 2.75) is 44.8 Å². The second-order valence-corrected chi connectivity index (χ2v) is 4.88. The van der Waals surface area contributed by atoms with Gasteiger partial charge in [-0.3, -0.25) is 4.90 Å². The number of hydrogen-bond acceptors (Lipinski definition) is 4. The predicted octanol–water partition coefficient (Wildman–Crippen LogP) is 0.195. The van der Waals surface area contributed by atoms with Crippen LogP contribution in [0.4, 0.5) is 0 Å². The minimum atomic E-state index is -0.0293. The maximum absolute atomic E-state index is 9.45. The van der Waals surface area contributed by atoms with Gasteiger partial charge in [0.25, 0.3) is 0 Å². The van der Waals surface area contributed by atoms with Gasteiger partial charge < -0.3 is 15.6 Å². The van der Waals surface area contributed by atoms with E-state index in [1.807, 2.05) is 0 Å². The number of morpholine rings is 1. The van der Waals surface area contributed by atoms with E-state index in [2.05, 4.69) is 25.7 Å². The van der Waals surface area contributed by atoms with Crippen molar-refractivity contribution < 1.29 is 9.84 Å². The van der Waals surface area contributed by atoms with Gasteiger partial charge in [0.05, 0.1) is 19.8 Å². The highest BCUT2D eigenvalue weighted by molar-refractivity contribution is 4.92. The molecule has 1 rings (SSSR count). The molecule has 15 heavy (non-hydrogen) atoms. The summed E-state index contributed by atoms with van der Waals surface area (Å²) < 4.78 is 5.46. The van der Waals surface area contributed by atoms with Crippen molar-refractivity contribution in [3.05, 3.63) is 0 Å². The summed E-state index contributed by atoms with van der Waals surface area (Å²) in [6, 6.07) is 0.0845. The lowest BCUT2D eigenvalue weighted by Gasteiger charge is -2.47. The van der Waals surface area contributed by atoms with Crippen LogP contribution < -0.4 is 5.73 Å². The molecule has 2 unspecified atom stereocenters. The van der Waals surface area contributed by atoms with Gasteiger partial charge in [-0.1, -0.05) is 6.92 Å². The Kier molecular flexibility index (Phi) is 4.52. The van der Waals surface area contributed by atoms with Gasteiger partial charge in [0.2, 0.25) is 0 Å². The zero-order valence-corrected chi connectivity index (χ0v) is 10.1. The first kappa shape index (κ1) is 12.9. The van der Waals surface area contributed by atoms with Crippen LogP contribution in [0.25, 0.3) is 0 Å². The first-order valence-corrected chi connectivity index (χ1v) is 5.74. The average molecular weight is 216 g/mol. The molecule has 1 aliphatic heterocycles. The van der Waals surface area contributed by atoms with Gasteiger partial charge in [-0.05, 0) is 20.3 Å². The van der Waals surface area contributed by atoms with Crippen molar-refractivity contribution in [2.24, 2.45) is 5.73 Å². The standard InChI is InChI=1S/C11H24N2O2/c1-4-9(12)10(7-14)13-5-6-15-8-11(13,2)3/h9-10,14H,4-8,12H2,1-3H3. The molecule has 0 aromatic carbocycles. The Bertz CT molecular complexity index is 197. The van der Waals surface area contributed by atoms with Crippen LogP contribution in [0.1, 0.15) is 27.2 Å². The molecule has 4 nitrogen and oxygen atoms in total. The lowest BCUT2D eigenvalue weighted by atomic mass is 9.95. The third-order valence-electron chi connectivity index (χ3n) is 3.26. The molecule has 1 aliphatic rings. The molecule has 3 N–H and O–H groups in total. The molecule has 0 aliphatic carbocycles. The molecule has 2 atom stereocenters. The Hall–Kier alpha value is -0.160. The maximum atomic E-state index is 9.45. The van der Waals surface area contributed by atoms with Crippen molar-refractivity contribution in [2.75, 3.05) is 26.4 Å². The van der Waals surface area contributed by atoms with E-state index in [1.54, 1.807) is 0 Å². The van der Waals surface area contributed by atoms with E-state index in [9.17, 15) is 5.11 Å². The van der Waals surface area contributed by atoms with E-state index in [0.29, 0.717) is 6.61 Å². The van der Waals surface area contributed by atoms with E-state index in [-0.39, 0.29) is 24.2 Å². The van der Waals surface area contributed by atoms with Gasteiger partial charge in [-0.2, -0.15) is 0 Å². The summed E-state index contributed by atoms with van der Waals surface area (Å²) >= 11 is 0. The summed E-state index contributed by atoms with van der Waals surface area (Å²) in [5.74, 6) is 0. The second-order valence-electron chi connectivity index (χ2n) is 4.88. The van der Waals surface area contributed by atoms with Gasteiger partial charge in [0, 0.05) is 24.2 Å². The molecule has 0 spiro atoms. The van der Waals surface area contributed by atoms with Gasteiger partial charge >= 0.3 is 0 Å². The van der Waals surface area contributed by atoms with Crippen LogP contribution in [0, 0.1) is 0 Å². The molecule has 0 bridgehead atoms. The maximum Gasteiger partial charge on any atom is 0.0645 e. The van der Waals surface area contributed by atoms with Gasteiger partial charge in [-0.15, -0.1) is 0 Å². The number of nitrogens with two attached hydrogens (primary N) is 1. The summed E-state index contributed by atoms with van der Waals surface area (Å²) in [6.07, 6.45) is 0.888. The van der Waals surface area contributed by atoms with E-state index < -0.39 is 0 Å². The molecule has 0 radical (unpaired) electrons. The van der Waals surface area contributed by atoms with Crippen LogP contribution >= 0.6 is 0 Å². The van der Waals surface area contributed by atoms with Gasteiger partial charge in [-0.25, -0.2) is 0 Å². The Morgan fingerprint density at radius 2 is 2.20 bits per heavy atom. The van der Waals surface area contributed by atoms with Crippen molar-refractivity contribution in [1.29, 1.82) is 0 Å². The lowest BCUT2D eigenvalue weighted by Crippen LogP contribution is -2.62. The minimum absolute atomic E-state index is 0.0293. The van der Waals surface area contributed by atoms with Crippen LogP contribution in [0.5, 0.6) is 0 Å². The molecule has 0 aromatic heterocycles. The van der Waals surface area contributed by atoms with Gasteiger partial charge in [0.15, 0.2) is 0 Å². The fraction of sp³-hybridized carbons (Fsp3) is 1.00. The van der Waals surface area contributed by atoms with Crippen LogP contribution in [0.3, 0.4) is 0 Å². The van der Waals surface area contributed by atoms with Crippen molar-refractivity contribution >= 4 is 0 Å². The fourth-order valence-electron chi connectivity index (χ4n) is 2.22. The largest absolute Gasteiger partial charge is 0.395 e. The molecule has 1 saturated heterocycles. The SMILES string of the molecule is CCC(N)C(CO)N1CCOCC1(C)C. The normalized spacial score (nSPS) is 26.2. The summed E-state index contributed by atoms with van der Waals surface area (Å²) in [5, 5.41) is 9.45. The number of rotatable bonds is 4. The van der Waals surface area contributed by atoms with E-state index in [0.717, 1.165) is 19.6 Å². The molecule has 4 heteroatoms. The molecule has 1 fully saturated rings. The summed E-state index contributed by atoms with van der Waals surface area (Å²) in [5.41, 5.74) is 6.01. The lowest BCUT2D eigenvalue weighted by molar-refractivity contribution is -0.0856. The monoisotopic (exact) mass is 216 g/mol. The molecule has 0 saturated carbocycles. The Labute approximate surface area is 92.4 Å². The molecule has 90 valence electrons. The molecule has 0 amide bonds. The van der Waals surface area contributed by atoms with Crippen LogP contribution in [-0.4, -0.2) is 54.0 Å². The molecule has 0 aromatic rings. The highest BCUT2D eigenvalue weighted by atomic mass is 16.5. The first-order chi connectivity index (χ1) is 7.03. The summed E-state index contributed by atoms with van der Waals surface area (Å²) in [4.78, 5) is 2.28. The number of aliphatic hydroxyl groups excluding tert-OH is 1. The third kappa shape index (κ3) is 2.91. The topological polar surface area (TPSA) is 58.7 Å². The van der Waals surface area contributed by atoms with Gasteiger partial charge in [0.1, 0.15) is 0 Å². The Balaban J connectivity index is 2.72. The molecular weight excluding hydrogens is 192 g/mol. The highest BCUT2D eigenvalue weighted by Gasteiger charge is 2.37.